The molecule has 2 rings (SSSR count). The molecule has 0 radical (unpaired) electrons. The van der Waals surface area contributed by atoms with Gasteiger partial charge in [0.05, 0.1) is 5.52 Å². The smallest absolute Gasteiger partial charge is 0.408 e. The fourth-order valence-electron chi connectivity index (χ4n) is 1.71. The van der Waals surface area contributed by atoms with Gasteiger partial charge in [0.15, 0.2) is 5.58 Å². The lowest BCUT2D eigenvalue weighted by Gasteiger charge is -2.22. The van der Waals surface area contributed by atoms with E-state index in [0.29, 0.717) is 24.2 Å². The van der Waals surface area contributed by atoms with E-state index < -0.39 is 5.76 Å². The van der Waals surface area contributed by atoms with Crippen molar-refractivity contribution in [1.82, 2.24) is 4.98 Å². The Morgan fingerprint density at radius 3 is 3.00 bits per heavy atom. The molecule has 0 aliphatic carbocycles. The third-order valence-corrected chi connectivity index (χ3v) is 2.65. The minimum atomic E-state index is -0.446. The summed E-state index contributed by atoms with van der Waals surface area (Å²) in [4.78, 5) is 15.6. The number of hydrogen-bond donors (Lipinski definition) is 3. The quantitative estimate of drug-likeness (QED) is 0.685. The van der Waals surface area contributed by atoms with E-state index in [-0.39, 0.29) is 6.04 Å². The first kappa shape index (κ1) is 11.7. The molecule has 17 heavy (non-hydrogen) atoms. The summed E-state index contributed by atoms with van der Waals surface area (Å²) in [5.41, 5.74) is 13.5. The normalized spacial score (nSPS) is 12.9. The number of nitrogens with one attached hydrogen (secondary N) is 1. The standard InChI is InChI=1S/C11H16N4O2/c1-15(6-7(13)5-12)8-2-3-10-9(4-8)14-11(16)17-10/h2-4,7H,5-6,12-13H2,1H3,(H,14,16). The molecule has 1 aromatic heterocycles. The van der Waals surface area contributed by atoms with Gasteiger partial charge in [0, 0.05) is 31.9 Å². The molecule has 0 saturated carbocycles. The van der Waals surface area contributed by atoms with E-state index in [0.717, 1.165) is 5.69 Å². The summed E-state index contributed by atoms with van der Waals surface area (Å²) in [5.74, 6) is -0.446. The van der Waals surface area contributed by atoms with Crippen molar-refractivity contribution < 1.29 is 4.42 Å². The van der Waals surface area contributed by atoms with Crippen molar-refractivity contribution in [2.24, 2.45) is 11.5 Å². The molecule has 0 aliphatic heterocycles. The van der Waals surface area contributed by atoms with Crippen LogP contribution in [0.4, 0.5) is 5.69 Å². The van der Waals surface area contributed by atoms with E-state index in [1.807, 2.05) is 24.1 Å². The van der Waals surface area contributed by atoms with Crippen LogP contribution in [0.2, 0.25) is 0 Å². The molecule has 92 valence electrons. The number of aromatic amines is 1. The second kappa shape index (κ2) is 4.60. The molecule has 2 aromatic rings. The Bertz CT molecular complexity index is 560. The number of nitrogens with zero attached hydrogens (tertiary/aromatic N) is 1. The van der Waals surface area contributed by atoms with E-state index in [2.05, 4.69) is 4.98 Å². The Labute approximate surface area is 98.2 Å². The predicted molar refractivity (Wildman–Crippen MR) is 67.1 cm³/mol. The van der Waals surface area contributed by atoms with Crippen LogP contribution >= 0.6 is 0 Å². The summed E-state index contributed by atoms with van der Waals surface area (Å²) in [6.07, 6.45) is 0. The van der Waals surface area contributed by atoms with E-state index >= 15 is 0 Å². The molecule has 0 fully saturated rings. The summed E-state index contributed by atoms with van der Waals surface area (Å²) < 4.78 is 4.93. The van der Waals surface area contributed by atoms with Crippen LogP contribution in [0.3, 0.4) is 0 Å². The molecule has 1 unspecified atom stereocenters. The molecule has 6 nitrogen and oxygen atoms in total. The maximum absolute atomic E-state index is 11.0. The highest BCUT2D eigenvalue weighted by atomic mass is 16.4. The Kier molecular flexibility index (Phi) is 3.16. The van der Waals surface area contributed by atoms with Gasteiger partial charge in [0.25, 0.3) is 0 Å². The molecule has 0 bridgehead atoms. The number of benzene rings is 1. The first-order chi connectivity index (χ1) is 8.10. The average Bonchev–Trinajstić information content (AvgIpc) is 2.67. The van der Waals surface area contributed by atoms with Crippen molar-refractivity contribution in [2.45, 2.75) is 6.04 Å². The van der Waals surface area contributed by atoms with Crippen LogP contribution < -0.4 is 22.1 Å². The van der Waals surface area contributed by atoms with Gasteiger partial charge in [-0.1, -0.05) is 0 Å². The molecule has 1 aromatic carbocycles. The van der Waals surface area contributed by atoms with Gasteiger partial charge >= 0.3 is 5.76 Å². The zero-order valence-corrected chi connectivity index (χ0v) is 9.64. The van der Waals surface area contributed by atoms with Gasteiger partial charge in [0.2, 0.25) is 0 Å². The van der Waals surface area contributed by atoms with Crippen LogP contribution in [0.25, 0.3) is 11.1 Å². The summed E-state index contributed by atoms with van der Waals surface area (Å²) in [5, 5.41) is 0. The summed E-state index contributed by atoms with van der Waals surface area (Å²) in [6, 6.07) is 5.41. The molecule has 0 spiro atoms. The number of likely N-dealkylation sites (N-methyl/N-ethyl adjacent to an activating group) is 1. The lowest BCUT2D eigenvalue weighted by Crippen LogP contribution is -2.40. The highest BCUT2D eigenvalue weighted by molar-refractivity contribution is 5.77. The third-order valence-electron chi connectivity index (χ3n) is 2.65. The summed E-state index contributed by atoms with van der Waals surface area (Å²) in [7, 11) is 1.93. The molecular formula is C11H16N4O2. The van der Waals surface area contributed by atoms with Crippen LogP contribution in [-0.4, -0.2) is 31.2 Å². The molecule has 1 heterocycles. The highest BCUT2D eigenvalue weighted by Crippen LogP contribution is 2.18. The fourth-order valence-corrected chi connectivity index (χ4v) is 1.71. The number of oxazole rings is 1. The van der Waals surface area contributed by atoms with Crippen molar-refractivity contribution in [3.63, 3.8) is 0 Å². The lowest BCUT2D eigenvalue weighted by molar-refractivity contribution is 0.555. The molecule has 0 saturated heterocycles. The summed E-state index contributed by atoms with van der Waals surface area (Å²) >= 11 is 0. The van der Waals surface area contributed by atoms with Gasteiger partial charge < -0.3 is 20.8 Å². The molecule has 1 atom stereocenters. The largest absolute Gasteiger partial charge is 0.417 e. The Morgan fingerprint density at radius 1 is 1.53 bits per heavy atom. The second-order valence-electron chi connectivity index (χ2n) is 4.07. The Balaban J connectivity index is 2.26. The van der Waals surface area contributed by atoms with Crippen LogP contribution in [0.1, 0.15) is 0 Å². The van der Waals surface area contributed by atoms with Crippen molar-refractivity contribution in [3.8, 4) is 0 Å². The van der Waals surface area contributed by atoms with Gasteiger partial charge in [-0.2, -0.15) is 0 Å². The van der Waals surface area contributed by atoms with Crippen molar-refractivity contribution in [2.75, 3.05) is 25.0 Å². The van der Waals surface area contributed by atoms with E-state index in [1.165, 1.54) is 0 Å². The highest BCUT2D eigenvalue weighted by Gasteiger charge is 2.08. The first-order valence-electron chi connectivity index (χ1n) is 5.40. The number of aromatic nitrogens is 1. The van der Waals surface area contributed by atoms with Gasteiger partial charge in [-0.25, -0.2) is 4.79 Å². The number of fused-ring (bicyclic) bond motifs is 1. The average molecular weight is 236 g/mol. The zero-order chi connectivity index (χ0) is 12.4. The van der Waals surface area contributed by atoms with E-state index in [1.54, 1.807) is 6.07 Å². The number of hydrogen-bond acceptors (Lipinski definition) is 5. The summed E-state index contributed by atoms with van der Waals surface area (Å²) in [6.45, 7) is 1.10. The molecular weight excluding hydrogens is 220 g/mol. The monoisotopic (exact) mass is 236 g/mol. The number of H-pyrrole nitrogens is 1. The maximum atomic E-state index is 11.0. The maximum Gasteiger partial charge on any atom is 0.417 e. The number of nitrogens with two attached hydrogens (primary N) is 2. The van der Waals surface area contributed by atoms with Crippen molar-refractivity contribution in [3.05, 3.63) is 28.7 Å². The number of anilines is 1. The van der Waals surface area contributed by atoms with Crippen LogP contribution in [0.5, 0.6) is 0 Å². The predicted octanol–water partition coefficient (Wildman–Crippen LogP) is -0.157. The Hall–Kier alpha value is -1.79. The molecule has 6 heteroatoms. The van der Waals surface area contributed by atoms with Gasteiger partial charge in [0.1, 0.15) is 0 Å². The van der Waals surface area contributed by atoms with Crippen LogP contribution in [0.15, 0.2) is 27.4 Å². The van der Waals surface area contributed by atoms with E-state index in [9.17, 15) is 4.79 Å². The SMILES string of the molecule is CN(CC(N)CN)c1ccc2oc(=O)[nH]c2c1. The van der Waals surface area contributed by atoms with E-state index in [4.69, 9.17) is 15.9 Å². The van der Waals surface area contributed by atoms with Gasteiger partial charge in [-0.3, -0.25) is 4.98 Å². The molecule has 5 N–H and O–H groups in total. The molecule has 0 amide bonds. The first-order valence-corrected chi connectivity index (χ1v) is 5.40. The van der Waals surface area contributed by atoms with Crippen LogP contribution in [0, 0.1) is 0 Å². The zero-order valence-electron chi connectivity index (χ0n) is 9.64. The van der Waals surface area contributed by atoms with Crippen LogP contribution in [-0.2, 0) is 0 Å². The minimum Gasteiger partial charge on any atom is -0.408 e. The fraction of sp³-hybridized carbons (Fsp3) is 0.364. The van der Waals surface area contributed by atoms with Crippen molar-refractivity contribution in [1.29, 1.82) is 0 Å². The van der Waals surface area contributed by atoms with Crippen molar-refractivity contribution >= 4 is 16.8 Å². The van der Waals surface area contributed by atoms with Gasteiger partial charge in [-0.15, -0.1) is 0 Å². The van der Waals surface area contributed by atoms with Gasteiger partial charge in [-0.05, 0) is 18.2 Å². The number of rotatable bonds is 4. The topological polar surface area (TPSA) is 101 Å². The minimum absolute atomic E-state index is 0.0703. The molecule has 0 aliphatic rings. The lowest BCUT2D eigenvalue weighted by atomic mass is 10.2. The third kappa shape index (κ3) is 2.48. The Morgan fingerprint density at radius 2 is 2.29 bits per heavy atom. The second-order valence-corrected chi connectivity index (χ2v) is 4.07.